The van der Waals surface area contributed by atoms with E-state index in [1.807, 2.05) is 13.8 Å². The number of hydrogen-bond donors (Lipinski definition) is 5. The number of aromatic hydroxyl groups is 4. The number of carbonyl (C=O) groups excluding carboxylic acids is 1. The van der Waals surface area contributed by atoms with E-state index in [-0.39, 0.29) is 74.5 Å². The Balaban J connectivity index is 0.000000483. The molecule has 47 heavy (non-hydrogen) atoms. The van der Waals surface area contributed by atoms with Crippen molar-refractivity contribution in [1.82, 2.24) is 0 Å². The summed E-state index contributed by atoms with van der Waals surface area (Å²) in [5.74, 6) is 0.510. The van der Waals surface area contributed by atoms with Gasteiger partial charge >= 0.3 is 0 Å². The second-order valence-corrected chi connectivity index (χ2v) is 10.6. The van der Waals surface area contributed by atoms with Gasteiger partial charge in [0, 0.05) is 60.2 Å². The van der Waals surface area contributed by atoms with Crippen LogP contribution >= 0.6 is 0 Å². The van der Waals surface area contributed by atoms with Crippen molar-refractivity contribution in [2.75, 3.05) is 13.2 Å². The number of phenols is 4. The Kier molecular flexibility index (Phi) is 17.3. The zero-order valence-corrected chi connectivity index (χ0v) is 27.6. The number of aliphatic hydroxyl groups is 1. The minimum atomic E-state index is -0.595. The average Bonchev–Trinajstić information content (AvgIpc) is 3.44. The maximum absolute atomic E-state index is 11.9. The fraction of sp³-hybridized carbons (Fsp3) is 0.394. The van der Waals surface area contributed by atoms with Crippen LogP contribution in [0.3, 0.4) is 0 Å². The van der Waals surface area contributed by atoms with Crippen molar-refractivity contribution in [3.8, 4) is 34.5 Å². The number of hydrogen-bond acceptors (Lipinski definition) is 11. The molecule has 3 aromatic rings. The summed E-state index contributed by atoms with van der Waals surface area (Å²) >= 11 is 0. The molecule has 1 aliphatic rings. The van der Waals surface area contributed by atoms with Gasteiger partial charge in [0.2, 0.25) is 0 Å². The molecule has 0 heterocycles. The van der Waals surface area contributed by atoms with Crippen LogP contribution < -0.4 is 9.47 Å². The first-order chi connectivity index (χ1) is 21.5. The fourth-order valence-corrected chi connectivity index (χ4v) is 4.79. The van der Waals surface area contributed by atoms with Crippen molar-refractivity contribution in [2.24, 2.45) is 10.9 Å². The summed E-state index contributed by atoms with van der Waals surface area (Å²) in [6, 6.07) is 10.9. The number of ketones is 1. The predicted molar refractivity (Wildman–Crippen MR) is 172 cm³/mol. The van der Waals surface area contributed by atoms with E-state index >= 15 is 0 Å². The van der Waals surface area contributed by atoms with E-state index in [9.17, 15) is 40.4 Å². The molecule has 0 radical (unpaired) electrons. The van der Waals surface area contributed by atoms with Crippen molar-refractivity contribution in [1.29, 1.82) is 0 Å². The second-order valence-electron chi connectivity index (χ2n) is 10.6. The van der Waals surface area contributed by atoms with Crippen LogP contribution in [0.2, 0.25) is 0 Å². The molecule has 1 fully saturated rings. The minimum absolute atomic E-state index is 0. The number of aliphatic imine (C=N–C) groups is 1. The Morgan fingerprint density at radius 3 is 2.26 bits per heavy atom. The zero-order chi connectivity index (χ0) is 32.9. The van der Waals surface area contributed by atoms with E-state index in [2.05, 4.69) is 4.99 Å². The molecule has 3 aromatic carbocycles. The standard InChI is InChI=1S/C19H22N2O6.C14H18O4.Cr.H2O/c1-3-7-26-14-10-18(23)15(19(11-14)27-8-4-2)12-20-16-9-13(22)5-6-17(16)21(24)25;15-10-5-7-12(16)9(8-10)4-6-14(18)11-2-1-3-13(11)17;;/h5-6,9-12,22-23H,3-4,7-8H2,1-2H3;5,7-8,11,13,15-17H,1-4,6H2;;1H2. The van der Waals surface area contributed by atoms with Crippen molar-refractivity contribution in [3.63, 3.8) is 0 Å². The summed E-state index contributed by atoms with van der Waals surface area (Å²) < 4.78 is 11.2. The third-order valence-electron chi connectivity index (χ3n) is 7.11. The van der Waals surface area contributed by atoms with Crippen LogP contribution in [-0.2, 0) is 28.6 Å². The molecule has 13 nitrogen and oxygen atoms in total. The van der Waals surface area contributed by atoms with Gasteiger partial charge in [0.05, 0.1) is 29.8 Å². The van der Waals surface area contributed by atoms with Crippen LogP contribution in [0, 0.1) is 16.0 Å². The van der Waals surface area contributed by atoms with Crippen LogP contribution in [0.4, 0.5) is 11.4 Å². The van der Waals surface area contributed by atoms with Gasteiger partial charge < -0.3 is 40.5 Å². The molecule has 4 rings (SSSR count). The normalized spacial score (nSPS) is 15.1. The second kappa shape index (κ2) is 20.0. The Morgan fingerprint density at radius 1 is 0.957 bits per heavy atom. The first-order valence-electron chi connectivity index (χ1n) is 14.9. The molecule has 7 N–H and O–H groups in total. The van der Waals surface area contributed by atoms with Gasteiger partial charge in [-0.3, -0.25) is 14.9 Å². The number of phenolic OH excluding ortho intramolecular Hbond substituents is 4. The largest absolute Gasteiger partial charge is 0.508 e. The van der Waals surface area contributed by atoms with E-state index in [1.165, 1.54) is 42.6 Å². The average molecular weight is 695 g/mol. The molecule has 1 aliphatic carbocycles. The maximum atomic E-state index is 11.9. The summed E-state index contributed by atoms with van der Waals surface area (Å²) in [5.41, 5.74) is 0.537. The molecule has 256 valence electrons. The van der Waals surface area contributed by atoms with E-state index in [4.69, 9.17) is 9.47 Å². The van der Waals surface area contributed by atoms with Crippen molar-refractivity contribution in [3.05, 3.63) is 69.8 Å². The number of nitrogens with zero attached hydrogens (tertiary/aromatic N) is 2. The topological polar surface area (TPSA) is 224 Å². The third-order valence-corrected chi connectivity index (χ3v) is 7.11. The van der Waals surface area contributed by atoms with Gasteiger partial charge in [-0.15, -0.1) is 0 Å². The number of nitro groups is 1. The quantitative estimate of drug-likeness (QED) is 0.0675. The number of aryl methyl sites for hydroxylation is 1. The summed E-state index contributed by atoms with van der Waals surface area (Å²) in [6.45, 7) is 4.83. The molecule has 0 aromatic heterocycles. The minimum Gasteiger partial charge on any atom is -0.508 e. The van der Waals surface area contributed by atoms with Crippen molar-refractivity contribution >= 4 is 23.4 Å². The Morgan fingerprint density at radius 2 is 1.62 bits per heavy atom. The number of ether oxygens (including phenoxy) is 2. The number of rotatable bonds is 13. The van der Waals surface area contributed by atoms with Gasteiger partial charge in [-0.05, 0) is 61.9 Å². The number of carbonyl (C=O) groups is 1. The van der Waals surface area contributed by atoms with E-state index in [0.29, 0.717) is 49.5 Å². The van der Waals surface area contributed by atoms with Crippen molar-refractivity contribution in [2.45, 2.75) is 64.9 Å². The van der Waals surface area contributed by atoms with E-state index < -0.39 is 11.0 Å². The third kappa shape index (κ3) is 12.1. The molecule has 0 spiro atoms. The van der Waals surface area contributed by atoms with Gasteiger partial charge in [-0.2, -0.15) is 0 Å². The maximum Gasteiger partial charge on any atom is 0.295 e. The molecule has 2 unspecified atom stereocenters. The number of Topliss-reactive ketones (excluding diaryl/α,β-unsaturated/α-hetero) is 1. The summed E-state index contributed by atoms with van der Waals surface area (Å²) in [7, 11) is 0. The number of benzene rings is 3. The summed E-state index contributed by atoms with van der Waals surface area (Å²) in [6.07, 6.45) is 5.38. The first kappa shape index (κ1) is 40.7. The van der Waals surface area contributed by atoms with E-state index in [1.54, 1.807) is 6.07 Å². The molecule has 0 amide bonds. The zero-order valence-electron chi connectivity index (χ0n) is 26.3. The van der Waals surface area contributed by atoms with Crippen LogP contribution in [0.5, 0.6) is 34.5 Å². The van der Waals surface area contributed by atoms with Gasteiger partial charge in [-0.1, -0.05) is 20.3 Å². The van der Waals surface area contributed by atoms with Gasteiger partial charge in [0.25, 0.3) is 5.69 Å². The van der Waals surface area contributed by atoms with Crippen molar-refractivity contribution < 1.29 is 67.6 Å². The molecule has 0 aliphatic heterocycles. The van der Waals surface area contributed by atoms with Gasteiger partial charge in [0.15, 0.2) is 0 Å². The van der Waals surface area contributed by atoms with Crippen LogP contribution in [0.1, 0.15) is 63.5 Å². The Bertz CT molecular complexity index is 1500. The summed E-state index contributed by atoms with van der Waals surface area (Å²) in [4.78, 5) is 26.5. The molecule has 1 saturated carbocycles. The molecule has 0 saturated heterocycles. The molecular weight excluding hydrogens is 652 g/mol. The summed E-state index contributed by atoms with van der Waals surface area (Å²) in [5, 5.41) is 59.6. The number of nitro benzene ring substituents is 1. The van der Waals surface area contributed by atoms with Gasteiger partial charge in [0.1, 0.15) is 46.0 Å². The molecule has 2 atom stereocenters. The van der Waals surface area contributed by atoms with E-state index in [0.717, 1.165) is 31.7 Å². The molecule has 0 bridgehead atoms. The molecular formula is C33H42CrN2O11. The Hall–Kier alpha value is -4.35. The van der Waals surface area contributed by atoms with Crippen LogP contribution in [0.15, 0.2) is 53.5 Å². The number of aliphatic hydroxyl groups excluding tert-OH is 1. The predicted octanol–water partition coefficient (Wildman–Crippen LogP) is 5.27. The Labute approximate surface area is 283 Å². The van der Waals surface area contributed by atoms with Crippen LogP contribution in [-0.4, -0.2) is 67.2 Å². The van der Waals surface area contributed by atoms with Gasteiger partial charge in [-0.25, -0.2) is 4.99 Å². The fourth-order valence-electron chi connectivity index (χ4n) is 4.79. The monoisotopic (exact) mass is 694 g/mol. The first-order valence-corrected chi connectivity index (χ1v) is 14.9. The SMILES string of the molecule is CCCOc1cc(O)c(C=Nc2cc(O)ccc2[N+](=O)[O-])c(OCCC)c1.O.O=C(CCc1cc(O)ccc1O)C1CCCC1O.[Cr]. The van der Waals surface area contributed by atoms with Crippen LogP contribution in [0.25, 0.3) is 0 Å². The smallest absolute Gasteiger partial charge is 0.295 e. The molecule has 14 heteroatoms.